The maximum absolute atomic E-state index is 14.0. The number of rotatable bonds is 19. The van der Waals surface area contributed by atoms with Crippen molar-refractivity contribution >= 4 is 35.0 Å². The lowest BCUT2D eigenvalue weighted by Crippen LogP contribution is -2.36. The van der Waals surface area contributed by atoms with Crippen molar-refractivity contribution in [2.45, 2.75) is 43.9 Å². The number of ether oxygens (including phenoxy) is 1. The van der Waals surface area contributed by atoms with E-state index in [-0.39, 0.29) is 25.5 Å². The molecule has 3 rings (SSSR count). The molecule has 0 aliphatic carbocycles. The van der Waals surface area contributed by atoms with Crippen molar-refractivity contribution in [3.63, 3.8) is 0 Å². The molecular formula is C20H26F4N7O16P3. The molecule has 2 heterocycles. The number of nitrogens with one attached hydrogen (secondary N) is 2. The number of halogens is 4. The van der Waals surface area contributed by atoms with E-state index in [2.05, 4.69) is 39.1 Å². The Hall–Kier alpha value is -2.90. The quantitative estimate of drug-likeness (QED) is 0.0146. The van der Waals surface area contributed by atoms with Crippen LogP contribution in [-0.4, -0.2) is 77.5 Å². The van der Waals surface area contributed by atoms with Crippen LogP contribution >= 0.6 is 23.5 Å². The maximum atomic E-state index is 14.0. The molecule has 1 fully saturated rings. The molecule has 0 radical (unpaired) electrons. The summed E-state index contributed by atoms with van der Waals surface area (Å²) < 4.78 is 107. The van der Waals surface area contributed by atoms with E-state index in [9.17, 15) is 56.1 Å². The van der Waals surface area contributed by atoms with E-state index in [4.69, 9.17) is 29.7 Å². The second-order valence-electron chi connectivity index (χ2n) is 9.54. The Kier molecular flexibility index (Phi) is 14.6. The van der Waals surface area contributed by atoms with Crippen LogP contribution in [0.4, 0.5) is 29.1 Å². The molecule has 1 aliphatic rings. The first-order valence-electron chi connectivity index (χ1n) is 13.3. The average molecular weight is 789 g/mol. The molecule has 0 amide bonds. The highest BCUT2D eigenvalue weighted by atomic mass is 31.3. The number of nitrogens with zero attached hydrogens (tertiary/aromatic N) is 5. The summed E-state index contributed by atoms with van der Waals surface area (Å²) in [4.78, 5) is 64.2. The Morgan fingerprint density at radius 3 is 2.16 bits per heavy atom. The minimum absolute atomic E-state index is 0.00258. The second-order valence-corrected chi connectivity index (χ2v) is 14.0. The van der Waals surface area contributed by atoms with Gasteiger partial charge in [0.1, 0.15) is 24.0 Å². The first kappa shape index (κ1) is 41.5. The summed E-state index contributed by atoms with van der Waals surface area (Å²) in [5.74, 6) is -7.42. The van der Waals surface area contributed by atoms with Crippen molar-refractivity contribution in [3.05, 3.63) is 62.0 Å². The first-order valence-corrected chi connectivity index (χ1v) is 17.8. The Morgan fingerprint density at radius 1 is 0.960 bits per heavy atom. The number of phosphoric ester groups is 1. The summed E-state index contributed by atoms with van der Waals surface area (Å²) >= 11 is 0. The first-order chi connectivity index (χ1) is 23.3. The van der Waals surface area contributed by atoms with Crippen LogP contribution in [0, 0.1) is 23.3 Å². The number of aliphatic hydroxyl groups excluding tert-OH is 2. The number of hydroxylamine groups is 1. The van der Waals surface area contributed by atoms with E-state index in [1.165, 1.54) is 6.07 Å². The van der Waals surface area contributed by atoms with Crippen molar-refractivity contribution in [2.75, 3.05) is 25.3 Å². The Bertz CT molecular complexity index is 1750. The zero-order chi connectivity index (χ0) is 37.4. The van der Waals surface area contributed by atoms with Gasteiger partial charge in [-0.25, -0.2) is 41.5 Å². The molecule has 1 aromatic heterocycles. The van der Waals surface area contributed by atoms with E-state index in [0.717, 1.165) is 6.20 Å². The van der Waals surface area contributed by atoms with Crippen molar-refractivity contribution in [1.82, 2.24) is 15.0 Å². The van der Waals surface area contributed by atoms with Crippen LogP contribution in [-0.2, 0) is 47.8 Å². The molecular weight excluding hydrogens is 763 g/mol. The Morgan fingerprint density at radius 2 is 1.58 bits per heavy atom. The monoisotopic (exact) mass is 789 g/mol. The Balaban J connectivity index is 1.41. The number of aromatic nitrogens is 2. The standard InChI is InChI=1S/C20H26F4N7O16P3/c21-12-9(13(22)15(24)16(14(12)23)28-30-25)7-26-42-5-1-2-6-43-29-11-3-4-31(20(34)27-11)19-18(33)17(32)10(45-19)8-44-49(38,39)47-50(40,41)46-48(35,36)37/h3-4,10,17-19,26,32-33H,1-2,5-8H2,(H,38,39)(H,40,41)(H,27,29,34)(H2,35,36,37)/t10-,17-,18-,19-/m1/s1. The third kappa shape index (κ3) is 11.6. The third-order valence-corrected chi connectivity index (χ3v) is 9.81. The SMILES string of the molecule is [N-]=[N+]=Nc1c(F)c(F)c(CNOCCCCONc2ccn([C@@H]3O[C@H](COP(=O)(O)OP(=O)(O)OP(=O)(O)O)[C@@H](O)[C@H]3O)c(=O)n2)c(F)c1F. The molecule has 1 aromatic carbocycles. The van der Waals surface area contributed by atoms with E-state index in [0.29, 0.717) is 11.0 Å². The van der Waals surface area contributed by atoms with Gasteiger partial charge >= 0.3 is 29.2 Å². The van der Waals surface area contributed by atoms with Crippen LogP contribution in [0.3, 0.4) is 0 Å². The lowest BCUT2D eigenvalue weighted by atomic mass is 10.1. The average Bonchev–Trinajstić information content (AvgIpc) is 3.28. The summed E-state index contributed by atoms with van der Waals surface area (Å²) in [6, 6.07) is 1.18. The van der Waals surface area contributed by atoms with Gasteiger partial charge in [0.2, 0.25) is 0 Å². The summed E-state index contributed by atoms with van der Waals surface area (Å²) in [5, 5.41) is 23.1. The zero-order valence-corrected chi connectivity index (χ0v) is 27.2. The van der Waals surface area contributed by atoms with E-state index in [1.54, 1.807) is 0 Å². The van der Waals surface area contributed by atoms with Crippen LogP contribution < -0.4 is 16.6 Å². The summed E-state index contributed by atoms with van der Waals surface area (Å²) in [6.45, 7) is -1.94. The number of anilines is 1. The van der Waals surface area contributed by atoms with Crippen LogP contribution in [0.15, 0.2) is 22.2 Å². The molecule has 2 aromatic rings. The number of hydrogen-bond donors (Lipinski definition) is 8. The van der Waals surface area contributed by atoms with Gasteiger partial charge in [-0.15, -0.1) is 0 Å². The molecule has 0 spiro atoms. The summed E-state index contributed by atoms with van der Waals surface area (Å²) in [5.41, 5.74) is 9.20. The van der Waals surface area contributed by atoms with Gasteiger partial charge < -0.3 is 39.4 Å². The number of hydrogen-bond acceptors (Lipinski definition) is 16. The molecule has 23 nitrogen and oxygen atoms in total. The van der Waals surface area contributed by atoms with Crippen LogP contribution in [0.2, 0.25) is 0 Å². The van der Waals surface area contributed by atoms with Gasteiger partial charge in [-0.1, -0.05) is 5.11 Å². The minimum Gasteiger partial charge on any atom is -0.387 e. The second kappa shape index (κ2) is 17.5. The van der Waals surface area contributed by atoms with Crippen molar-refractivity contribution in [1.29, 1.82) is 0 Å². The van der Waals surface area contributed by atoms with Crippen molar-refractivity contribution in [3.8, 4) is 0 Å². The van der Waals surface area contributed by atoms with Crippen molar-refractivity contribution < 1.29 is 88.6 Å². The van der Waals surface area contributed by atoms with Crippen LogP contribution in [0.5, 0.6) is 0 Å². The van der Waals surface area contributed by atoms with Gasteiger partial charge in [0.25, 0.3) is 0 Å². The van der Waals surface area contributed by atoms with Gasteiger partial charge in [-0.2, -0.15) is 19.1 Å². The highest BCUT2D eigenvalue weighted by Crippen LogP contribution is 2.66. The molecule has 1 saturated heterocycles. The van der Waals surface area contributed by atoms with Gasteiger partial charge in [0, 0.05) is 16.7 Å². The van der Waals surface area contributed by atoms with Gasteiger partial charge in [0.05, 0.1) is 26.4 Å². The highest BCUT2D eigenvalue weighted by Gasteiger charge is 2.46. The molecule has 1 aliphatic heterocycles. The fraction of sp³-hybridized carbons (Fsp3) is 0.500. The fourth-order valence-corrected chi connectivity index (χ4v) is 6.88. The predicted molar refractivity (Wildman–Crippen MR) is 151 cm³/mol. The third-order valence-electron chi connectivity index (χ3n) is 6.01. The van der Waals surface area contributed by atoms with Crippen LogP contribution in [0.25, 0.3) is 10.4 Å². The Labute approximate surface area is 275 Å². The van der Waals surface area contributed by atoms with Crippen molar-refractivity contribution in [2.24, 2.45) is 5.11 Å². The zero-order valence-electron chi connectivity index (χ0n) is 24.6. The molecule has 0 bridgehead atoms. The smallest absolute Gasteiger partial charge is 0.387 e. The fourth-order valence-electron chi connectivity index (χ4n) is 3.85. The summed E-state index contributed by atoms with van der Waals surface area (Å²) in [7, 11) is -17.0. The molecule has 6 atom stereocenters. The van der Waals surface area contributed by atoms with E-state index in [1.807, 2.05) is 0 Å². The lowest BCUT2D eigenvalue weighted by molar-refractivity contribution is -0.0541. The molecule has 2 unspecified atom stereocenters. The largest absolute Gasteiger partial charge is 0.490 e. The number of phosphoric acid groups is 3. The molecule has 280 valence electrons. The van der Waals surface area contributed by atoms with Gasteiger partial charge in [-0.3, -0.25) is 13.9 Å². The number of benzene rings is 1. The molecule has 50 heavy (non-hydrogen) atoms. The maximum Gasteiger partial charge on any atom is 0.490 e. The van der Waals surface area contributed by atoms with E-state index >= 15 is 0 Å². The van der Waals surface area contributed by atoms with Gasteiger partial charge in [0.15, 0.2) is 35.3 Å². The number of azide groups is 1. The molecule has 0 saturated carbocycles. The highest BCUT2D eigenvalue weighted by molar-refractivity contribution is 7.66. The molecule has 8 N–H and O–H groups in total. The number of aliphatic hydroxyl groups is 2. The minimum atomic E-state index is -5.81. The van der Waals surface area contributed by atoms with E-state index < -0.39 is 101 Å². The summed E-state index contributed by atoms with van der Waals surface area (Å²) in [6.07, 6.45) is -5.36. The number of unbranched alkanes of at least 4 members (excludes halogenated alkanes) is 1. The molecule has 30 heteroatoms. The topological polar surface area (TPSA) is 336 Å². The van der Waals surface area contributed by atoms with Gasteiger partial charge in [-0.05, 0) is 24.4 Å². The predicted octanol–water partition coefficient (Wildman–Crippen LogP) is 1.55. The lowest BCUT2D eigenvalue weighted by Gasteiger charge is -2.19. The van der Waals surface area contributed by atoms with Crippen LogP contribution in [0.1, 0.15) is 24.6 Å². The normalized spacial score (nSPS) is 21.7.